The molecule has 0 fully saturated rings. The molecule has 8 heteroatoms. The second kappa shape index (κ2) is 9.56. The smallest absolute Gasteiger partial charge is 0.240 e. The van der Waals surface area contributed by atoms with Gasteiger partial charge in [-0.15, -0.1) is 0 Å². The van der Waals surface area contributed by atoms with Gasteiger partial charge in [0.1, 0.15) is 0 Å². The highest BCUT2D eigenvalue weighted by Crippen LogP contribution is 2.19. The average Bonchev–Trinajstić information content (AvgIpc) is 2.70. The molecule has 3 rings (SSSR count). The van der Waals surface area contributed by atoms with E-state index in [-0.39, 0.29) is 23.8 Å². The van der Waals surface area contributed by atoms with Gasteiger partial charge in [0, 0.05) is 35.1 Å². The molecule has 1 amide bonds. The summed E-state index contributed by atoms with van der Waals surface area (Å²) in [5.74, 6) is -0.289. The lowest BCUT2D eigenvalue weighted by atomic mass is 10.2. The standard InChI is InChI=1S/C21H20ClN3O3S/c22-16-5-4-8-20(15-16)29(27,28)23-14-13-21(26)25-19-11-9-18(10-12-19)24-17-6-2-1-3-7-17/h1-12,15,23-24H,13-14H2,(H,25,26). The third-order valence-corrected chi connectivity index (χ3v) is 5.68. The second-order valence-electron chi connectivity index (χ2n) is 6.22. The van der Waals surface area contributed by atoms with Crippen molar-refractivity contribution in [2.45, 2.75) is 11.3 Å². The van der Waals surface area contributed by atoms with Gasteiger partial charge < -0.3 is 10.6 Å². The van der Waals surface area contributed by atoms with Crippen LogP contribution >= 0.6 is 11.6 Å². The molecule has 3 N–H and O–H groups in total. The molecular weight excluding hydrogens is 410 g/mol. The highest BCUT2D eigenvalue weighted by molar-refractivity contribution is 7.89. The number of rotatable bonds is 8. The first-order valence-electron chi connectivity index (χ1n) is 8.90. The fourth-order valence-electron chi connectivity index (χ4n) is 2.56. The van der Waals surface area contributed by atoms with Gasteiger partial charge in [-0.2, -0.15) is 0 Å². The summed E-state index contributed by atoms with van der Waals surface area (Å²) in [6.07, 6.45) is 0.00378. The van der Waals surface area contributed by atoms with E-state index in [0.717, 1.165) is 11.4 Å². The molecule has 29 heavy (non-hydrogen) atoms. The first-order valence-corrected chi connectivity index (χ1v) is 10.8. The van der Waals surface area contributed by atoms with E-state index < -0.39 is 10.0 Å². The Labute approximate surface area is 175 Å². The van der Waals surface area contributed by atoms with Gasteiger partial charge in [-0.3, -0.25) is 4.79 Å². The Morgan fingerprint density at radius 2 is 1.48 bits per heavy atom. The number of halogens is 1. The number of carbonyl (C=O) groups is 1. The third kappa shape index (κ3) is 6.32. The molecule has 0 aliphatic heterocycles. The van der Waals surface area contributed by atoms with Gasteiger partial charge in [-0.25, -0.2) is 13.1 Å². The molecule has 0 radical (unpaired) electrons. The van der Waals surface area contributed by atoms with Crippen LogP contribution in [0.15, 0.2) is 83.8 Å². The summed E-state index contributed by atoms with van der Waals surface area (Å²) in [6.45, 7) is -0.0195. The maximum absolute atomic E-state index is 12.2. The zero-order valence-electron chi connectivity index (χ0n) is 15.4. The highest BCUT2D eigenvalue weighted by atomic mass is 35.5. The van der Waals surface area contributed by atoms with E-state index in [1.165, 1.54) is 12.1 Å². The van der Waals surface area contributed by atoms with Crippen LogP contribution in [-0.4, -0.2) is 20.9 Å². The SMILES string of the molecule is O=C(CCNS(=O)(=O)c1cccc(Cl)c1)Nc1ccc(Nc2ccccc2)cc1. The summed E-state index contributed by atoms with van der Waals surface area (Å²) in [5, 5.41) is 6.33. The van der Waals surface area contributed by atoms with E-state index in [9.17, 15) is 13.2 Å². The molecule has 150 valence electrons. The maximum Gasteiger partial charge on any atom is 0.240 e. The summed E-state index contributed by atoms with van der Waals surface area (Å²) in [4.78, 5) is 12.1. The Morgan fingerprint density at radius 3 is 2.17 bits per heavy atom. The number of para-hydroxylation sites is 1. The van der Waals surface area contributed by atoms with Gasteiger partial charge >= 0.3 is 0 Å². The van der Waals surface area contributed by atoms with E-state index in [0.29, 0.717) is 10.7 Å². The first kappa shape index (κ1) is 20.9. The number of benzene rings is 3. The lowest BCUT2D eigenvalue weighted by Crippen LogP contribution is -2.27. The quantitative estimate of drug-likeness (QED) is 0.495. The molecule has 0 atom stereocenters. The normalized spacial score (nSPS) is 11.1. The van der Waals surface area contributed by atoms with Crippen molar-refractivity contribution in [3.63, 3.8) is 0 Å². The van der Waals surface area contributed by atoms with E-state index in [2.05, 4.69) is 15.4 Å². The van der Waals surface area contributed by atoms with E-state index in [4.69, 9.17) is 11.6 Å². The molecule has 0 aliphatic carbocycles. The van der Waals surface area contributed by atoms with Crippen molar-refractivity contribution in [2.24, 2.45) is 0 Å². The van der Waals surface area contributed by atoms with Crippen molar-refractivity contribution in [2.75, 3.05) is 17.2 Å². The van der Waals surface area contributed by atoms with E-state index in [1.54, 1.807) is 24.3 Å². The number of amides is 1. The Hall–Kier alpha value is -2.87. The number of sulfonamides is 1. The van der Waals surface area contributed by atoms with Crippen molar-refractivity contribution in [3.8, 4) is 0 Å². The summed E-state index contributed by atoms with van der Waals surface area (Å²) in [5.41, 5.74) is 2.49. The monoisotopic (exact) mass is 429 g/mol. The Bertz CT molecular complexity index is 1070. The Balaban J connectivity index is 1.48. The molecule has 0 bridgehead atoms. The number of hydrogen-bond acceptors (Lipinski definition) is 4. The number of nitrogens with one attached hydrogen (secondary N) is 3. The lowest BCUT2D eigenvalue weighted by molar-refractivity contribution is -0.116. The summed E-state index contributed by atoms with van der Waals surface area (Å²) in [7, 11) is -3.71. The van der Waals surface area contributed by atoms with Gasteiger partial charge in [0.2, 0.25) is 15.9 Å². The highest BCUT2D eigenvalue weighted by Gasteiger charge is 2.14. The fourth-order valence-corrected chi connectivity index (χ4v) is 3.90. The fraction of sp³-hybridized carbons (Fsp3) is 0.0952. The summed E-state index contributed by atoms with van der Waals surface area (Å²) < 4.78 is 26.8. The zero-order chi connectivity index (χ0) is 20.7. The van der Waals surface area contributed by atoms with Crippen LogP contribution in [0.25, 0.3) is 0 Å². The van der Waals surface area contributed by atoms with Crippen LogP contribution in [0.4, 0.5) is 17.1 Å². The molecule has 0 spiro atoms. The van der Waals surface area contributed by atoms with Gasteiger partial charge in [-0.1, -0.05) is 35.9 Å². The van der Waals surface area contributed by atoms with Crippen molar-refractivity contribution in [3.05, 3.63) is 83.9 Å². The minimum atomic E-state index is -3.71. The summed E-state index contributed by atoms with van der Waals surface area (Å²) >= 11 is 5.82. The Kier molecular flexibility index (Phi) is 6.87. The van der Waals surface area contributed by atoms with Crippen LogP contribution in [0, 0.1) is 0 Å². The van der Waals surface area contributed by atoms with Crippen LogP contribution < -0.4 is 15.4 Å². The van der Waals surface area contributed by atoms with Crippen molar-refractivity contribution < 1.29 is 13.2 Å². The van der Waals surface area contributed by atoms with Crippen molar-refractivity contribution in [1.29, 1.82) is 0 Å². The molecule has 3 aromatic carbocycles. The molecule has 0 aliphatic rings. The van der Waals surface area contributed by atoms with Crippen LogP contribution in [0.2, 0.25) is 5.02 Å². The molecular formula is C21H20ClN3O3S. The zero-order valence-corrected chi connectivity index (χ0v) is 17.0. The van der Waals surface area contributed by atoms with E-state index >= 15 is 0 Å². The van der Waals surface area contributed by atoms with Crippen molar-refractivity contribution >= 4 is 44.6 Å². The minimum Gasteiger partial charge on any atom is -0.356 e. The minimum absolute atomic E-state index is 0.00378. The number of carbonyl (C=O) groups excluding carboxylic acids is 1. The molecule has 0 heterocycles. The van der Waals surface area contributed by atoms with Gasteiger partial charge in [-0.05, 0) is 54.6 Å². The third-order valence-electron chi connectivity index (χ3n) is 3.98. The predicted octanol–water partition coefficient (Wildman–Crippen LogP) is 4.39. The largest absolute Gasteiger partial charge is 0.356 e. The van der Waals surface area contributed by atoms with Crippen LogP contribution in [-0.2, 0) is 14.8 Å². The van der Waals surface area contributed by atoms with E-state index in [1.807, 2.05) is 42.5 Å². The maximum atomic E-state index is 12.2. The topological polar surface area (TPSA) is 87.3 Å². The van der Waals surface area contributed by atoms with Gasteiger partial charge in [0.25, 0.3) is 0 Å². The molecule has 6 nitrogen and oxygen atoms in total. The second-order valence-corrected chi connectivity index (χ2v) is 8.43. The van der Waals surface area contributed by atoms with Crippen LogP contribution in [0.1, 0.15) is 6.42 Å². The van der Waals surface area contributed by atoms with Crippen LogP contribution in [0.5, 0.6) is 0 Å². The van der Waals surface area contributed by atoms with Crippen LogP contribution in [0.3, 0.4) is 0 Å². The molecule has 0 saturated heterocycles. The molecule has 0 saturated carbocycles. The van der Waals surface area contributed by atoms with Gasteiger partial charge in [0.15, 0.2) is 0 Å². The Morgan fingerprint density at radius 1 is 0.828 bits per heavy atom. The summed E-state index contributed by atoms with van der Waals surface area (Å²) in [6, 6.07) is 22.9. The average molecular weight is 430 g/mol. The number of anilines is 3. The molecule has 0 unspecified atom stereocenters. The number of hydrogen-bond donors (Lipinski definition) is 3. The lowest BCUT2D eigenvalue weighted by Gasteiger charge is -2.09. The van der Waals surface area contributed by atoms with Crippen molar-refractivity contribution in [1.82, 2.24) is 4.72 Å². The first-order chi connectivity index (χ1) is 13.9. The predicted molar refractivity (Wildman–Crippen MR) is 116 cm³/mol. The molecule has 0 aromatic heterocycles. The molecule has 3 aromatic rings. The van der Waals surface area contributed by atoms with Gasteiger partial charge in [0.05, 0.1) is 4.90 Å².